The first-order chi connectivity index (χ1) is 18.7. The number of alkyl halides is 9. The van der Waals surface area contributed by atoms with E-state index in [1.807, 2.05) is 0 Å². The van der Waals surface area contributed by atoms with E-state index in [1.54, 1.807) is 12.1 Å². The molecule has 3 nitrogen and oxygen atoms in total. The van der Waals surface area contributed by atoms with Gasteiger partial charge in [0.15, 0.2) is 14.7 Å². The highest BCUT2D eigenvalue weighted by Gasteiger charge is 2.34. The number of rotatable bonds is 7. The second kappa shape index (κ2) is 11.2. The zero-order valence-electron chi connectivity index (χ0n) is 19.8. The summed E-state index contributed by atoms with van der Waals surface area (Å²) < 4.78 is 127. The van der Waals surface area contributed by atoms with Crippen LogP contribution in [0.25, 0.3) is 0 Å². The molecular weight excluding hydrogens is 575 g/mol. The lowest BCUT2D eigenvalue weighted by Crippen LogP contribution is -2.17. The second-order valence-corrected chi connectivity index (χ2v) is 9.97. The number of halogens is 9. The highest BCUT2D eigenvalue weighted by molar-refractivity contribution is 7.97. The summed E-state index contributed by atoms with van der Waals surface area (Å²) in [6, 6.07) is 20.5. The van der Waals surface area contributed by atoms with E-state index in [-0.39, 0.29) is 11.5 Å². The van der Waals surface area contributed by atoms with Gasteiger partial charge in [0.1, 0.15) is 23.0 Å². The Morgan fingerprint density at radius 2 is 0.700 bits per heavy atom. The van der Waals surface area contributed by atoms with Crippen LogP contribution in [-0.4, -0.2) is 12.7 Å². The molecular formula is C27H16F9O3S+. The van der Waals surface area contributed by atoms with Gasteiger partial charge in [-0.2, -0.15) is 13.2 Å². The highest BCUT2D eigenvalue weighted by atomic mass is 32.2. The minimum Gasteiger partial charge on any atom is -0.457 e. The Morgan fingerprint density at radius 1 is 0.400 bits per heavy atom. The van der Waals surface area contributed by atoms with Crippen molar-refractivity contribution in [3.05, 3.63) is 103 Å². The Labute approximate surface area is 224 Å². The van der Waals surface area contributed by atoms with Crippen molar-refractivity contribution in [2.75, 3.05) is 0 Å². The Morgan fingerprint density at radius 3 is 1.00 bits per heavy atom. The molecule has 0 N–H and O–H groups in total. The lowest BCUT2D eigenvalue weighted by atomic mass is 10.2. The van der Waals surface area contributed by atoms with Crippen LogP contribution in [0.1, 0.15) is 5.56 Å². The summed E-state index contributed by atoms with van der Waals surface area (Å²) in [6.45, 7) is 0. The quantitative estimate of drug-likeness (QED) is 0.158. The van der Waals surface area contributed by atoms with Crippen LogP contribution in [0.4, 0.5) is 39.5 Å². The minimum absolute atomic E-state index is 0.153. The molecule has 0 bridgehead atoms. The fourth-order valence-electron chi connectivity index (χ4n) is 3.45. The Balaban J connectivity index is 1.62. The molecule has 210 valence electrons. The number of hydrogen-bond donors (Lipinski definition) is 0. The summed E-state index contributed by atoms with van der Waals surface area (Å²) in [6.07, 6.45) is -14.3. The smallest absolute Gasteiger partial charge is 0.457 e. The van der Waals surface area contributed by atoms with Gasteiger partial charge < -0.3 is 14.2 Å². The first-order valence-electron chi connectivity index (χ1n) is 11.1. The maximum Gasteiger partial charge on any atom is 0.573 e. The van der Waals surface area contributed by atoms with Crippen LogP contribution in [0.2, 0.25) is 0 Å². The molecule has 4 aromatic rings. The van der Waals surface area contributed by atoms with E-state index in [9.17, 15) is 39.5 Å². The highest BCUT2D eigenvalue weighted by Crippen LogP contribution is 2.36. The first-order valence-corrected chi connectivity index (χ1v) is 12.3. The molecule has 0 fully saturated rings. The molecule has 0 saturated carbocycles. The molecule has 40 heavy (non-hydrogen) atoms. The topological polar surface area (TPSA) is 27.7 Å². The van der Waals surface area contributed by atoms with Crippen LogP contribution in [0, 0.1) is 0 Å². The van der Waals surface area contributed by atoms with E-state index in [0.717, 1.165) is 48.5 Å². The summed E-state index contributed by atoms with van der Waals surface area (Å²) >= 11 is 0. The van der Waals surface area contributed by atoms with E-state index >= 15 is 0 Å². The first kappa shape index (κ1) is 29.0. The molecule has 0 aromatic heterocycles. The van der Waals surface area contributed by atoms with Gasteiger partial charge in [0.05, 0.1) is 16.5 Å². The van der Waals surface area contributed by atoms with Crippen molar-refractivity contribution < 1.29 is 53.7 Å². The molecule has 0 radical (unpaired) electrons. The maximum atomic E-state index is 12.8. The minimum atomic E-state index is -4.89. The predicted molar refractivity (Wildman–Crippen MR) is 126 cm³/mol. The fraction of sp³-hybridized carbons (Fsp3) is 0.111. The van der Waals surface area contributed by atoms with Crippen molar-refractivity contribution in [3.63, 3.8) is 0 Å². The van der Waals surface area contributed by atoms with E-state index < -0.39 is 46.9 Å². The molecule has 0 aliphatic rings. The number of ether oxygens (including phenoxy) is 3. The van der Waals surface area contributed by atoms with Gasteiger partial charge in [0.25, 0.3) is 0 Å². The van der Waals surface area contributed by atoms with Crippen molar-refractivity contribution in [3.8, 4) is 23.0 Å². The summed E-state index contributed by atoms with van der Waals surface area (Å²) in [4.78, 5) is 1.67. The molecule has 0 atom stereocenters. The molecule has 0 unspecified atom stereocenters. The van der Waals surface area contributed by atoms with Gasteiger partial charge >= 0.3 is 18.9 Å². The third-order valence-electron chi connectivity index (χ3n) is 5.06. The summed E-state index contributed by atoms with van der Waals surface area (Å²) in [5.74, 6) is -0.460. The van der Waals surface area contributed by atoms with Gasteiger partial charge in [-0.3, -0.25) is 0 Å². The van der Waals surface area contributed by atoms with E-state index in [0.29, 0.717) is 14.7 Å². The molecule has 4 aromatic carbocycles. The molecule has 0 aliphatic heterocycles. The van der Waals surface area contributed by atoms with Crippen molar-refractivity contribution >= 4 is 10.9 Å². The Kier molecular flexibility index (Phi) is 8.15. The van der Waals surface area contributed by atoms with Gasteiger partial charge in [-0.1, -0.05) is 0 Å². The lowest BCUT2D eigenvalue weighted by Gasteiger charge is -2.12. The largest absolute Gasteiger partial charge is 0.573 e. The van der Waals surface area contributed by atoms with Crippen molar-refractivity contribution in [2.45, 2.75) is 33.6 Å². The molecule has 0 saturated heterocycles. The average Bonchev–Trinajstić information content (AvgIpc) is 2.85. The Hall–Kier alpha value is -4.00. The van der Waals surface area contributed by atoms with Crippen LogP contribution in [-0.2, 0) is 17.1 Å². The zero-order valence-corrected chi connectivity index (χ0v) is 20.6. The Bertz CT molecular complexity index is 1340. The van der Waals surface area contributed by atoms with Crippen LogP contribution in [0.3, 0.4) is 0 Å². The summed E-state index contributed by atoms with van der Waals surface area (Å²) in [5.41, 5.74) is -0.836. The molecule has 0 spiro atoms. The van der Waals surface area contributed by atoms with E-state index in [1.165, 1.54) is 36.4 Å². The fourth-order valence-corrected chi connectivity index (χ4v) is 5.50. The third-order valence-corrected chi connectivity index (χ3v) is 7.29. The molecule has 4 rings (SSSR count). The summed E-state index contributed by atoms with van der Waals surface area (Å²) in [7, 11) is -0.999. The van der Waals surface area contributed by atoms with Crippen molar-refractivity contribution in [1.29, 1.82) is 0 Å². The van der Waals surface area contributed by atoms with Gasteiger partial charge in [-0.05, 0) is 97.1 Å². The monoisotopic (exact) mass is 591 g/mol. The van der Waals surface area contributed by atoms with Crippen molar-refractivity contribution in [2.24, 2.45) is 0 Å². The number of benzene rings is 4. The van der Waals surface area contributed by atoms with E-state index in [2.05, 4.69) is 9.47 Å². The van der Waals surface area contributed by atoms with Crippen LogP contribution >= 0.6 is 0 Å². The van der Waals surface area contributed by atoms with Gasteiger partial charge in [-0.15, -0.1) is 26.3 Å². The number of hydrogen-bond acceptors (Lipinski definition) is 3. The van der Waals surface area contributed by atoms with Gasteiger partial charge in [-0.25, -0.2) is 0 Å². The normalized spacial score (nSPS) is 12.3. The van der Waals surface area contributed by atoms with Gasteiger partial charge in [0, 0.05) is 0 Å². The predicted octanol–water partition coefficient (Wildman–Crippen LogP) is 9.39. The van der Waals surface area contributed by atoms with Crippen LogP contribution < -0.4 is 14.2 Å². The van der Waals surface area contributed by atoms with Crippen molar-refractivity contribution in [1.82, 2.24) is 0 Å². The standard InChI is InChI=1S/C27H16F9O3S/c28-25(29,30)17-1-3-18(4-2-17)37-19-5-11-22(12-6-19)40(23-13-7-20(8-14-23)38-26(31,32)33)24-15-9-21(10-16-24)39-27(34,35)36/h1-16H/q+1. The zero-order chi connectivity index (χ0) is 29.1. The van der Waals surface area contributed by atoms with Crippen LogP contribution in [0.5, 0.6) is 23.0 Å². The van der Waals surface area contributed by atoms with E-state index in [4.69, 9.17) is 4.74 Å². The second-order valence-electron chi connectivity index (χ2n) is 7.94. The van der Waals surface area contributed by atoms with Crippen LogP contribution in [0.15, 0.2) is 112 Å². The molecule has 0 amide bonds. The SMILES string of the molecule is FC(F)(F)Oc1ccc([S+](c2ccc(Oc3ccc(C(F)(F)F)cc3)cc2)c2ccc(OC(F)(F)F)cc2)cc1. The lowest BCUT2D eigenvalue weighted by molar-refractivity contribution is -0.275. The maximum absolute atomic E-state index is 12.8. The summed E-state index contributed by atoms with van der Waals surface area (Å²) in [5, 5.41) is 0. The average molecular weight is 591 g/mol. The van der Waals surface area contributed by atoms with Gasteiger partial charge in [0.2, 0.25) is 0 Å². The molecule has 13 heteroatoms. The molecule has 0 aliphatic carbocycles. The third kappa shape index (κ3) is 8.01. The molecule has 0 heterocycles.